The van der Waals surface area contributed by atoms with Gasteiger partial charge in [-0.05, 0) is 42.8 Å². The van der Waals surface area contributed by atoms with E-state index in [9.17, 15) is 4.79 Å². The van der Waals surface area contributed by atoms with E-state index in [0.717, 1.165) is 46.7 Å². The molecule has 0 spiro atoms. The Morgan fingerprint density at radius 2 is 1.96 bits per heavy atom. The number of carboxylic acids is 1. The van der Waals surface area contributed by atoms with E-state index in [4.69, 9.17) is 9.84 Å². The van der Waals surface area contributed by atoms with Crippen molar-refractivity contribution in [1.29, 1.82) is 0 Å². The van der Waals surface area contributed by atoms with E-state index in [1.165, 1.54) is 30.6 Å². The molecule has 2 aromatic carbocycles. The Morgan fingerprint density at radius 1 is 1.14 bits per heavy atom. The minimum atomic E-state index is -0.868. The molecule has 1 aromatic heterocycles. The number of likely N-dealkylation sites (tertiary alicyclic amines) is 1. The highest BCUT2D eigenvalue weighted by atomic mass is 32.1. The van der Waals surface area contributed by atoms with Crippen LogP contribution in [0.4, 0.5) is 0 Å². The molecule has 1 aliphatic heterocycles. The summed E-state index contributed by atoms with van der Waals surface area (Å²) in [6.45, 7) is 3.87. The summed E-state index contributed by atoms with van der Waals surface area (Å²) in [6.07, 6.45) is 3.81. The van der Waals surface area contributed by atoms with E-state index in [-0.39, 0.29) is 6.42 Å². The first-order valence-electron chi connectivity index (χ1n) is 9.74. The number of thiazole rings is 1. The van der Waals surface area contributed by atoms with Gasteiger partial charge in [-0.2, -0.15) is 0 Å². The molecule has 1 aliphatic rings. The first-order chi connectivity index (χ1) is 13.7. The number of rotatable bonds is 7. The third kappa shape index (κ3) is 4.34. The number of carbonyl (C=O) groups is 1. The van der Waals surface area contributed by atoms with Gasteiger partial charge in [0.2, 0.25) is 0 Å². The molecule has 1 saturated heterocycles. The Bertz CT molecular complexity index is 963. The lowest BCUT2D eigenvalue weighted by molar-refractivity contribution is -0.136. The van der Waals surface area contributed by atoms with Gasteiger partial charge in [0, 0.05) is 11.9 Å². The van der Waals surface area contributed by atoms with Crippen LogP contribution >= 0.6 is 11.3 Å². The lowest BCUT2D eigenvalue weighted by Gasteiger charge is -2.26. The molecule has 5 nitrogen and oxygen atoms in total. The minimum Gasteiger partial charge on any atom is -0.491 e. The smallest absolute Gasteiger partial charge is 0.309 e. The first kappa shape index (κ1) is 18.9. The van der Waals surface area contributed by atoms with E-state index >= 15 is 0 Å². The molecule has 0 aliphatic carbocycles. The molecular weight excluding hydrogens is 372 g/mol. The molecule has 0 unspecified atom stereocenters. The standard InChI is InChI=1S/C22H24N2O3S/c25-20(26)14-17-15-28-22(23-17)21-18-7-3-2-6-16(18)8-9-19(21)27-13-12-24-10-4-1-5-11-24/h2-3,6-9,15H,1,4-5,10-14H2,(H,25,26). The van der Waals surface area contributed by atoms with Crippen molar-refractivity contribution < 1.29 is 14.6 Å². The van der Waals surface area contributed by atoms with Crippen LogP contribution in [0, 0.1) is 0 Å². The summed E-state index contributed by atoms with van der Waals surface area (Å²) in [5, 5.41) is 13.9. The summed E-state index contributed by atoms with van der Waals surface area (Å²) in [5.41, 5.74) is 1.54. The van der Waals surface area contributed by atoms with Crippen LogP contribution in [0.5, 0.6) is 5.75 Å². The highest BCUT2D eigenvalue weighted by molar-refractivity contribution is 7.13. The zero-order valence-corrected chi connectivity index (χ0v) is 16.6. The fourth-order valence-corrected chi connectivity index (χ4v) is 4.60. The number of hydrogen-bond donors (Lipinski definition) is 1. The number of aliphatic carboxylic acids is 1. The number of hydrogen-bond acceptors (Lipinski definition) is 5. The van der Waals surface area contributed by atoms with Crippen LogP contribution in [0.15, 0.2) is 41.8 Å². The molecule has 4 rings (SSSR count). The topological polar surface area (TPSA) is 62.7 Å². The fraction of sp³-hybridized carbons (Fsp3) is 0.364. The molecule has 0 bridgehead atoms. The number of carboxylic acid groups (broad SMARTS) is 1. The van der Waals surface area contributed by atoms with Crippen LogP contribution in [0.1, 0.15) is 25.0 Å². The molecule has 0 amide bonds. The lowest BCUT2D eigenvalue weighted by Crippen LogP contribution is -2.33. The molecule has 0 radical (unpaired) electrons. The first-order valence-corrected chi connectivity index (χ1v) is 10.6. The highest BCUT2D eigenvalue weighted by Gasteiger charge is 2.17. The van der Waals surface area contributed by atoms with Crippen LogP contribution in [-0.4, -0.2) is 47.2 Å². The van der Waals surface area contributed by atoms with E-state index in [1.807, 2.05) is 23.6 Å². The molecule has 1 N–H and O–H groups in total. The number of benzene rings is 2. The fourth-order valence-electron chi connectivity index (χ4n) is 3.72. The number of aromatic nitrogens is 1. The summed E-state index contributed by atoms with van der Waals surface area (Å²) >= 11 is 1.47. The van der Waals surface area contributed by atoms with Gasteiger partial charge in [0.25, 0.3) is 0 Å². The summed E-state index contributed by atoms with van der Waals surface area (Å²) in [6, 6.07) is 12.2. The molecule has 6 heteroatoms. The Hall–Kier alpha value is -2.44. The Kier molecular flexibility index (Phi) is 5.88. The van der Waals surface area contributed by atoms with Gasteiger partial charge in [0.1, 0.15) is 17.4 Å². The maximum Gasteiger partial charge on any atom is 0.309 e. The zero-order chi connectivity index (χ0) is 19.3. The van der Waals surface area contributed by atoms with Crippen molar-refractivity contribution in [2.75, 3.05) is 26.2 Å². The zero-order valence-electron chi connectivity index (χ0n) is 15.8. The Balaban J connectivity index is 1.61. The second-order valence-electron chi connectivity index (χ2n) is 7.13. The van der Waals surface area contributed by atoms with Gasteiger partial charge in [0.15, 0.2) is 0 Å². The molecule has 0 atom stereocenters. The Labute approximate surface area is 168 Å². The van der Waals surface area contributed by atoms with Crippen molar-refractivity contribution in [2.45, 2.75) is 25.7 Å². The average molecular weight is 397 g/mol. The SMILES string of the molecule is O=C(O)Cc1csc(-c2c(OCCN3CCCCC3)ccc3ccccc23)n1. The van der Waals surface area contributed by atoms with Gasteiger partial charge in [-0.3, -0.25) is 9.69 Å². The summed E-state index contributed by atoms with van der Waals surface area (Å²) in [5.74, 6) is -0.0558. The molecule has 2 heterocycles. The Morgan fingerprint density at radius 3 is 2.79 bits per heavy atom. The largest absolute Gasteiger partial charge is 0.491 e. The normalized spacial score (nSPS) is 15.0. The van der Waals surface area contributed by atoms with E-state index in [0.29, 0.717) is 12.3 Å². The molecule has 3 aromatic rings. The quantitative estimate of drug-likeness (QED) is 0.639. The number of nitrogens with zero attached hydrogens (tertiary/aromatic N) is 2. The van der Waals surface area contributed by atoms with Gasteiger partial charge in [-0.25, -0.2) is 4.98 Å². The third-order valence-corrected chi connectivity index (χ3v) is 6.01. The molecular formula is C22H24N2O3S. The van der Waals surface area contributed by atoms with E-state index in [2.05, 4.69) is 28.1 Å². The second kappa shape index (κ2) is 8.71. The average Bonchev–Trinajstić information content (AvgIpc) is 3.15. The van der Waals surface area contributed by atoms with Gasteiger partial charge >= 0.3 is 5.97 Å². The van der Waals surface area contributed by atoms with Crippen molar-refractivity contribution in [2.24, 2.45) is 0 Å². The van der Waals surface area contributed by atoms with Crippen LogP contribution < -0.4 is 4.74 Å². The second-order valence-corrected chi connectivity index (χ2v) is 7.98. The maximum absolute atomic E-state index is 11.0. The van der Waals surface area contributed by atoms with Crippen LogP contribution in [0.25, 0.3) is 21.3 Å². The number of piperidine rings is 1. The minimum absolute atomic E-state index is 0.0631. The van der Waals surface area contributed by atoms with Crippen molar-refractivity contribution in [1.82, 2.24) is 9.88 Å². The van der Waals surface area contributed by atoms with Gasteiger partial charge in [-0.15, -0.1) is 11.3 Å². The van der Waals surface area contributed by atoms with Crippen molar-refractivity contribution >= 4 is 28.1 Å². The predicted octanol–water partition coefficient (Wildman–Crippen LogP) is 4.46. The van der Waals surface area contributed by atoms with Gasteiger partial charge < -0.3 is 9.84 Å². The van der Waals surface area contributed by atoms with Crippen LogP contribution in [0.3, 0.4) is 0 Å². The molecule has 146 valence electrons. The summed E-state index contributed by atoms with van der Waals surface area (Å²) in [4.78, 5) is 18.1. The van der Waals surface area contributed by atoms with Crippen molar-refractivity contribution in [3.8, 4) is 16.3 Å². The van der Waals surface area contributed by atoms with Gasteiger partial charge in [-0.1, -0.05) is 36.8 Å². The van der Waals surface area contributed by atoms with Gasteiger partial charge in [0.05, 0.1) is 17.7 Å². The summed E-state index contributed by atoms with van der Waals surface area (Å²) in [7, 11) is 0. The lowest BCUT2D eigenvalue weighted by atomic mass is 10.0. The maximum atomic E-state index is 11.0. The third-order valence-electron chi connectivity index (χ3n) is 5.10. The van der Waals surface area contributed by atoms with Crippen LogP contribution in [-0.2, 0) is 11.2 Å². The van der Waals surface area contributed by atoms with E-state index in [1.54, 1.807) is 0 Å². The number of fused-ring (bicyclic) bond motifs is 1. The van der Waals surface area contributed by atoms with Crippen LogP contribution in [0.2, 0.25) is 0 Å². The predicted molar refractivity (Wildman–Crippen MR) is 112 cm³/mol. The monoisotopic (exact) mass is 396 g/mol. The van der Waals surface area contributed by atoms with Crippen molar-refractivity contribution in [3.05, 3.63) is 47.5 Å². The summed E-state index contributed by atoms with van der Waals surface area (Å²) < 4.78 is 6.20. The molecule has 0 saturated carbocycles. The molecule has 28 heavy (non-hydrogen) atoms. The highest BCUT2D eigenvalue weighted by Crippen LogP contribution is 2.38. The van der Waals surface area contributed by atoms with Crippen molar-refractivity contribution in [3.63, 3.8) is 0 Å². The molecule has 1 fully saturated rings. The number of ether oxygens (including phenoxy) is 1. The van der Waals surface area contributed by atoms with E-state index < -0.39 is 5.97 Å².